The molecule has 2 nitrogen and oxygen atoms in total. The average Bonchev–Trinajstić information content (AvgIpc) is 2.40. The van der Waals surface area contributed by atoms with Crippen LogP contribution in [0.4, 0.5) is 0 Å². The van der Waals surface area contributed by atoms with E-state index in [0.29, 0.717) is 5.75 Å². The molecule has 1 aliphatic heterocycles. The minimum absolute atomic E-state index is 0.451. The van der Waals surface area contributed by atoms with Gasteiger partial charge in [-0.05, 0) is 29.2 Å². The van der Waals surface area contributed by atoms with Crippen LogP contribution < -0.4 is 0 Å². The quantitative estimate of drug-likeness (QED) is 0.871. The molecule has 0 radical (unpaired) electrons. The van der Waals surface area contributed by atoms with E-state index in [4.69, 9.17) is 0 Å². The predicted molar refractivity (Wildman–Crippen MR) is 72.4 cm³/mol. The molecule has 0 saturated carbocycles. The summed E-state index contributed by atoms with van der Waals surface area (Å²) >= 11 is 0. The van der Waals surface area contributed by atoms with Gasteiger partial charge in [-0.1, -0.05) is 42.5 Å². The summed E-state index contributed by atoms with van der Waals surface area (Å²) in [5.74, 6) is 0.451. The molecule has 0 aromatic heterocycles. The number of aromatic hydroxyl groups is 1. The summed E-state index contributed by atoms with van der Waals surface area (Å²) in [6.07, 6.45) is 0.939. The normalized spacial score (nSPS) is 15.3. The van der Waals surface area contributed by atoms with E-state index in [1.807, 2.05) is 12.1 Å². The highest BCUT2D eigenvalue weighted by Crippen LogP contribution is 2.27. The van der Waals surface area contributed by atoms with E-state index in [-0.39, 0.29) is 0 Å². The molecule has 0 aliphatic carbocycles. The highest BCUT2D eigenvalue weighted by Gasteiger charge is 2.18. The molecule has 92 valence electrons. The number of hydrogen-bond acceptors (Lipinski definition) is 2. The lowest BCUT2D eigenvalue weighted by molar-refractivity contribution is 0.243. The third kappa shape index (κ3) is 2.24. The topological polar surface area (TPSA) is 23.5 Å². The van der Waals surface area contributed by atoms with Crippen molar-refractivity contribution in [3.05, 3.63) is 65.2 Å². The van der Waals surface area contributed by atoms with Crippen LogP contribution in [0, 0.1) is 0 Å². The number of phenols is 1. The zero-order valence-electron chi connectivity index (χ0n) is 10.3. The Morgan fingerprint density at radius 3 is 2.67 bits per heavy atom. The Morgan fingerprint density at radius 1 is 1.00 bits per heavy atom. The van der Waals surface area contributed by atoms with Crippen LogP contribution in [-0.2, 0) is 19.5 Å². The van der Waals surface area contributed by atoms with Crippen LogP contribution in [0.25, 0.3) is 0 Å². The van der Waals surface area contributed by atoms with Crippen LogP contribution >= 0.6 is 0 Å². The maximum atomic E-state index is 9.81. The average molecular weight is 239 g/mol. The first-order valence-electron chi connectivity index (χ1n) is 6.39. The van der Waals surface area contributed by atoms with E-state index in [2.05, 4.69) is 35.2 Å². The number of hydrogen-bond donors (Lipinski definition) is 1. The van der Waals surface area contributed by atoms with Crippen molar-refractivity contribution in [2.75, 3.05) is 6.54 Å². The second kappa shape index (κ2) is 4.83. The third-order valence-corrected chi connectivity index (χ3v) is 3.57. The van der Waals surface area contributed by atoms with Crippen molar-refractivity contribution in [3.8, 4) is 5.75 Å². The minimum atomic E-state index is 0.451. The first kappa shape index (κ1) is 11.3. The van der Waals surface area contributed by atoms with Gasteiger partial charge in [0.1, 0.15) is 5.75 Å². The van der Waals surface area contributed by atoms with Crippen molar-refractivity contribution in [1.82, 2.24) is 4.90 Å². The Morgan fingerprint density at radius 2 is 1.83 bits per heavy atom. The number of benzene rings is 2. The van der Waals surface area contributed by atoms with E-state index >= 15 is 0 Å². The van der Waals surface area contributed by atoms with E-state index in [1.165, 1.54) is 11.1 Å². The van der Waals surface area contributed by atoms with E-state index < -0.39 is 0 Å². The van der Waals surface area contributed by atoms with Crippen LogP contribution in [-0.4, -0.2) is 16.6 Å². The van der Waals surface area contributed by atoms with Gasteiger partial charge in [-0.25, -0.2) is 0 Å². The number of nitrogens with zero attached hydrogens (tertiary/aromatic N) is 1. The summed E-state index contributed by atoms with van der Waals surface area (Å²) in [6.45, 7) is 2.92. The summed E-state index contributed by atoms with van der Waals surface area (Å²) in [7, 11) is 0. The molecule has 1 N–H and O–H groups in total. The van der Waals surface area contributed by atoms with Crippen molar-refractivity contribution in [1.29, 1.82) is 0 Å². The zero-order chi connectivity index (χ0) is 12.4. The Kier molecular flexibility index (Phi) is 3.03. The fourth-order valence-electron chi connectivity index (χ4n) is 2.62. The van der Waals surface area contributed by atoms with Gasteiger partial charge in [0, 0.05) is 19.6 Å². The number of phenolic OH excluding ortho intramolecular Hbond substituents is 1. The number of rotatable bonds is 2. The molecule has 0 atom stereocenters. The Balaban J connectivity index is 1.76. The summed E-state index contributed by atoms with van der Waals surface area (Å²) in [6, 6.07) is 16.4. The van der Waals surface area contributed by atoms with Crippen molar-refractivity contribution in [2.45, 2.75) is 19.5 Å². The molecular formula is C16H17NO. The first-order valence-corrected chi connectivity index (χ1v) is 6.39. The summed E-state index contributed by atoms with van der Waals surface area (Å²) in [5.41, 5.74) is 3.74. The van der Waals surface area contributed by atoms with Gasteiger partial charge in [0.05, 0.1) is 0 Å². The Hall–Kier alpha value is -1.80. The molecule has 1 aliphatic rings. The van der Waals surface area contributed by atoms with E-state index in [0.717, 1.165) is 31.6 Å². The van der Waals surface area contributed by atoms with Gasteiger partial charge in [0.15, 0.2) is 0 Å². The maximum Gasteiger partial charge on any atom is 0.119 e. The molecule has 0 unspecified atom stereocenters. The van der Waals surface area contributed by atoms with E-state index in [1.54, 1.807) is 6.07 Å². The SMILES string of the molecule is Oc1cccc2c1CCN(Cc1ccccc1)C2. The molecule has 18 heavy (non-hydrogen) atoms. The third-order valence-electron chi connectivity index (χ3n) is 3.57. The van der Waals surface area contributed by atoms with Crippen LogP contribution in [0.2, 0.25) is 0 Å². The first-order chi connectivity index (χ1) is 8.83. The van der Waals surface area contributed by atoms with Gasteiger partial charge >= 0.3 is 0 Å². The summed E-state index contributed by atoms with van der Waals surface area (Å²) in [4.78, 5) is 2.43. The standard InChI is InChI=1S/C16H17NO/c18-16-8-4-7-14-12-17(10-9-15(14)16)11-13-5-2-1-3-6-13/h1-8,18H,9-12H2. The lowest BCUT2D eigenvalue weighted by Gasteiger charge is -2.29. The van der Waals surface area contributed by atoms with Crippen molar-refractivity contribution in [2.24, 2.45) is 0 Å². The molecule has 2 heteroatoms. The van der Waals surface area contributed by atoms with Crippen LogP contribution in [0.3, 0.4) is 0 Å². The molecule has 0 spiro atoms. The highest BCUT2D eigenvalue weighted by molar-refractivity contribution is 5.40. The fraction of sp³-hybridized carbons (Fsp3) is 0.250. The second-order valence-corrected chi connectivity index (χ2v) is 4.86. The van der Waals surface area contributed by atoms with Crippen LogP contribution in [0.15, 0.2) is 48.5 Å². The van der Waals surface area contributed by atoms with Gasteiger partial charge in [0.25, 0.3) is 0 Å². The van der Waals surface area contributed by atoms with Gasteiger partial charge in [0.2, 0.25) is 0 Å². The summed E-state index contributed by atoms with van der Waals surface area (Å²) in [5, 5.41) is 9.81. The smallest absolute Gasteiger partial charge is 0.119 e. The van der Waals surface area contributed by atoms with Gasteiger partial charge in [-0.3, -0.25) is 4.90 Å². The van der Waals surface area contributed by atoms with Crippen LogP contribution in [0.1, 0.15) is 16.7 Å². The van der Waals surface area contributed by atoms with Crippen molar-refractivity contribution >= 4 is 0 Å². The fourth-order valence-corrected chi connectivity index (χ4v) is 2.62. The van der Waals surface area contributed by atoms with E-state index in [9.17, 15) is 5.11 Å². The molecule has 3 rings (SSSR count). The van der Waals surface area contributed by atoms with Gasteiger partial charge in [-0.2, -0.15) is 0 Å². The molecule has 1 heterocycles. The molecular weight excluding hydrogens is 222 g/mol. The molecule has 0 bridgehead atoms. The number of fused-ring (bicyclic) bond motifs is 1. The minimum Gasteiger partial charge on any atom is -0.508 e. The van der Waals surface area contributed by atoms with Crippen molar-refractivity contribution < 1.29 is 5.11 Å². The molecule has 0 saturated heterocycles. The highest BCUT2D eigenvalue weighted by atomic mass is 16.3. The Bertz CT molecular complexity index is 536. The monoisotopic (exact) mass is 239 g/mol. The summed E-state index contributed by atoms with van der Waals surface area (Å²) < 4.78 is 0. The lowest BCUT2D eigenvalue weighted by atomic mass is 9.98. The predicted octanol–water partition coefficient (Wildman–Crippen LogP) is 2.95. The second-order valence-electron chi connectivity index (χ2n) is 4.86. The van der Waals surface area contributed by atoms with Crippen molar-refractivity contribution in [3.63, 3.8) is 0 Å². The zero-order valence-corrected chi connectivity index (χ0v) is 10.3. The van der Waals surface area contributed by atoms with Gasteiger partial charge in [-0.15, -0.1) is 0 Å². The lowest BCUT2D eigenvalue weighted by Crippen LogP contribution is -2.30. The molecule has 0 fully saturated rings. The maximum absolute atomic E-state index is 9.81. The Labute approximate surface area is 107 Å². The van der Waals surface area contributed by atoms with Gasteiger partial charge < -0.3 is 5.11 Å². The molecule has 2 aromatic rings. The van der Waals surface area contributed by atoms with Crippen LogP contribution in [0.5, 0.6) is 5.75 Å². The molecule has 2 aromatic carbocycles. The largest absolute Gasteiger partial charge is 0.508 e. The molecule has 0 amide bonds.